The molecule has 0 unspecified atom stereocenters. The first-order valence-corrected chi connectivity index (χ1v) is 9.27. The minimum Gasteiger partial charge on any atom is -0.478 e. The van der Waals surface area contributed by atoms with Gasteiger partial charge in [-0.1, -0.05) is 32.0 Å². The van der Waals surface area contributed by atoms with Crippen molar-refractivity contribution in [2.45, 2.75) is 52.4 Å². The second-order valence-corrected chi connectivity index (χ2v) is 8.76. The molecule has 0 fully saturated rings. The van der Waals surface area contributed by atoms with Gasteiger partial charge in [-0.25, -0.2) is 4.79 Å². The van der Waals surface area contributed by atoms with Crippen LogP contribution in [-0.2, 0) is 25.7 Å². The maximum atomic E-state index is 12.0. The number of hydrogen-bond acceptors (Lipinski definition) is 2. The Bertz CT molecular complexity index is 798. The van der Waals surface area contributed by atoms with Crippen LogP contribution < -0.4 is 0 Å². The van der Waals surface area contributed by atoms with E-state index >= 15 is 0 Å². The van der Waals surface area contributed by atoms with E-state index in [1.165, 1.54) is 28.0 Å². The zero-order valence-electron chi connectivity index (χ0n) is 13.7. The standard InChI is InChI=1S/C20H22O2S/c1-20(2)10-9-16-15(11-20)17(19(21)22)18(23-16)14-8-4-6-12-5-3-7-13(12)14/h4,6,8H,3,5,7,9-11H2,1-2H3,(H,21,22). The Balaban J connectivity index is 1.93. The van der Waals surface area contributed by atoms with Crippen LogP contribution in [0.2, 0.25) is 0 Å². The number of aryl methyl sites for hydroxylation is 2. The number of hydrogen-bond donors (Lipinski definition) is 1. The molecule has 2 nitrogen and oxygen atoms in total. The van der Waals surface area contributed by atoms with Gasteiger partial charge in [-0.2, -0.15) is 0 Å². The van der Waals surface area contributed by atoms with Gasteiger partial charge in [0.15, 0.2) is 0 Å². The van der Waals surface area contributed by atoms with Crippen LogP contribution in [0.5, 0.6) is 0 Å². The third-order valence-electron chi connectivity index (χ3n) is 5.38. The summed E-state index contributed by atoms with van der Waals surface area (Å²) in [7, 11) is 0. The topological polar surface area (TPSA) is 37.3 Å². The summed E-state index contributed by atoms with van der Waals surface area (Å²) in [5, 5.41) is 9.90. The first-order chi connectivity index (χ1) is 11.0. The molecule has 1 heterocycles. The van der Waals surface area contributed by atoms with Crippen LogP contribution in [0.25, 0.3) is 10.4 Å². The molecule has 1 aromatic carbocycles. The second-order valence-electron chi connectivity index (χ2n) is 7.65. The van der Waals surface area contributed by atoms with Crippen molar-refractivity contribution in [2.24, 2.45) is 5.41 Å². The quantitative estimate of drug-likeness (QED) is 0.832. The Morgan fingerprint density at radius 3 is 2.78 bits per heavy atom. The van der Waals surface area contributed by atoms with Gasteiger partial charge in [0, 0.05) is 9.75 Å². The van der Waals surface area contributed by atoms with Crippen molar-refractivity contribution in [1.29, 1.82) is 0 Å². The van der Waals surface area contributed by atoms with Crippen LogP contribution >= 0.6 is 11.3 Å². The minimum absolute atomic E-state index is 0.203. The van der Waals surface area contributed by atoms with E-state index in [0.29, 0.717) is 5.56 Å². The van der Waals surface area contributed by atoms with Crippen LogP contribution in [0, 0.1) is 5.41 Å². The summed E-state index contributed by atoms with van der Waals surface area (Å²) in [5.74, 6) is -0.759. The summed E-state index contributed by atoms with van der Waals surface area (Å²) in [6.07, 6.45) is 6.44. The van der Waals surface area contributed by atoms with Crippen molar-refractivity contribution in [3.05, 3.63) is 45.3 Å². The molecule has 0 saturated heterocycles. The van der Waals surface area contributed by atoms with Crippen molar-refractivity contribution in [2.75, 3.05) is 0 Å². The third-order valence-corrected chi connectivity index (χ3v) is 6.70. The summed E-state index contributed by atoms with van der Waals surface area (Å²) >= 11 is 1.73. The van der Waals surface area contributed by atoms with E-state index in [0.717, 1.165) is 42.5 Å². The number of benzene rings is 1. The fourth-order valence-electron chi connectivity index (χ4n) is 4.17. The second kappa shape index (κ2) is 5.20. The first-order valence-electron chi connectivity index (χ1n) is 8.45. The smallest absolute Gasteiger partial charge is 0.337 e. The molecule has 2 aliphatic rings. The number of thiophene rings is 1. The van der Waals surface area contributed by atoms with E-state index in [2.05, 4.69) is 32.0 Å². The van der Waals surface area contributed by atoms with Crippen molar-refractivity contribution in [3.63, 3.8) is 0 Å². The zero-order chi connectivity index (χ0) is 16.2. The predicted octanol–water partition coefficient (Wildman–Crippen LogP) is 5.12. The molecule has 120 valence electrons. The lowest BCUT2D eigenvalue weighted by atomic mass is 9.76. The predicted molar refractivity (Wildman–Crippen MR) is 94.5 cm³/mol. The maximum Gasteiger partial charge on any atom is 0.337 e. The summed E-state index contributed by atoms with van der Waals surface area (Å²) in [4.78, 5) is 14.3. The van der Waals surface area contributed by atoms with Crippen molar-refractivity contribution < 1.29 is 9.90 Å². The maximum absolute atomic E-state index is 12.0. The molecule has 2 aromatic rings. The van der Waals surface area contributed by atoms with Gasteiger partial charge in [0.05, 0.1) is 5.56 Å². The van der Waals surface area contributed by atoms with Crippen LogP contribution in [-0.4, -0.2) is 11.1 Å². The number of aromatic carboxylic acids is 1. The van der Waals surface area contributed by atoms with E-state index in [1.54, 1.807) is 11.3 Å². The molecule has 0 spiro atoms. The van der Waals surface area contributed by atoms with Gasteiger partial charge in [0.2, 0.25) is 0 Å². The van der Waals surface area contributed by atoms with Crippen LogP contribution in [0.15, 0.2) is 18.2 Å². The molecule has 1 N–H and O–H groups in total. The van der Waals surface area contributed by atoms with Crippen molar-refractivity contribution in [1.82, 2.24) is 0 Å². The molecule has 0 radical (unpaired) electrons. The Morgan fingerprint density at radius 1 is 1.17 bits per heavy atom. The van der Waals surface area contributed by atoms with Crippen molar-refractivity contribution in [3.8, 4) is 10.4 Å². The molecule has 23 heavy (non-hydrogen) atoms. The van der Waals surface area contributed by atoms with E-state index in [-0.39, 0.29) is 5.41 Å². The van der Waals surface area contributed by atoms with E-state index in [9.17, 15) is 9.90 Å². The summed E-state index contributed by atoms with van der Waals surface area (Å²) < 4.78 is 0. The lowest BCUT2D eigenvalue weighted by molar-refractivity contribution is 0.0696. The number of carboxylic acid groups (broad SMARTS) is 1. The summed E-state index contributed by atoms with van der Waals surface area (Å²) in [6, 6.07) is 6.41. The molecule has 1 aromatic heterocycles. The van der Waals surface area contributed by atoms with Crippen molar-refractivity contribution >= 4 is 17.3 Å². The van der Waals surface area contributed by atoms with Crippen LogP contribution in [0.1, 0.15) is 58.6 Å². The largest absolute Gasteiger partial charge is 0.478 e. The Labute approximate surface area is 141 Å². The van der Waals surface area contributed by atoms with Gasteiger partial charge in [0.25, 0.3) is 0 Å². The summed E-state index contributed by atoms with van der Waals surface area (Å²) in [5.41, 5.74) is 5.85. The molecule has 3 heteroatoms. The SMILES string of the molecule is CC1(C)CCc2sc(-c3cccc4c3CCC4)c(C(=O)O)c2C1. The number of carboxylic acids is 1. The van der Waals surface area contributed by atoms with E-state index < -0.39 is 5.97 Å². The van der Waals surface area contributed by atoms with Gasteiger partial charge in [0.1, 0.15) is 0 Å². The van der Waals surface area contributed by atoms with Crippen LogP contribution in [0.4, 0.5) is 0 Å². The average Bonchev–Trinajstić information content (AvgIpc) is 3.08. The molecule has 0 atom stereocenters. The molecule has 0 aliphatic heterocycles. The molecule has 0 amide bonds. The number of rotatable bonds is 2. The van der Waals surface area contributed by atoms with Gasteiger partial charge >= 0.3 is 5.97 Å². The van der Waals surface area contributed by atoms with Gasteiger partial charge in [-0.05, 0) is 66.2 Å². The highest BCUT2D eigenvalue weighted by molar-refractivity contribution is 7.16. The zero-order valence-corrected chi connectivity index (χ0v) is 14.6. The normalized spacial score (nSPS) is 18.5. The highest BCUT2D eigenvalue weighted by Crippen LogP contribution is 2.46. The fraction of sp³-hybridized carbons (Fsp3) is 0.450. The van der Waals surface area contributed by atoms with Gasteiger partial charge in [-0.3, -0.25) is 0 Å². The highest BCUT2D eigenvalue weighted by Gasteiger charge is 2.33. The van der Waals surface area contributed by atoms with Gasteiger partial charge in [-0.15, -0.1) is 11.3 Å². The van der Waals surface area contributed by atoms with Gasteiger partial charge < -0.3 is 5.11 Å². The first kappa shape index (κ1) is 14.9. The van der Waals surface area contributed by atoms with E-state index in [4.69, 9.17) is 0 Å². The highest BCUT2D eigenvalue weighted by atomic mass is 32.1. The molecule has 4 rings (SSSR count). The number of carbonyl (C=O) groups is 1. The van der Waals surface area contributed by atoms with E-state index in [1.807, 2.05) is 0 Å². The molecule has 0 bridgehead atoms. The average molecular weight is 326 g/mol. The third kappa shape index (κ3) is 2.42. The minimum atomic E-state index is -0.759. The lowest BCUT2D eigenvalue weighted by Gasteiger charge is -2.29. The molecular weight excluding hydrogens is 304 g/mol. The number of fused-ring (bicyclic) bond motifs is 2. The Hall–Kier alpha value is -1.61. The van der Waals surface area contributed by atoms with Crippen LogP contribution in [0.3, 0.4) is 0 Å². The lowest BCUT2D eigenvalue weighted by Crippen LogP contribution is -2.22. The fourth-order valence-corrected chi connectivity index (χ4v) is 5.53. The Kier molecular flexibility index (Phi) is 3.38. The molecule has 2 aliphatic carbocycles. The summed E-state index contributed by atoms with van der Waals surface area (Å²) in [6.45, 7) is 4.50. The Morgan fingerprint density at radius 2 is 2.00 bits per heavy atom. The molecular formula is C20H22O2S. The monoisotopic (exact) mass is 326 g/mol. The molecule has 0 saturated carbocycles.